The first kappa shape index (κ1) is 17.2. The van der Waals surface area contributed by atoms with Gasteiger partial charge in [-0.25, -0.2) is 9.97 Å². The minimum atomic E-state index is 0.612. The molecule has 3 aromatic rings. The summed E-state index contributed by atoms with van der Waals surface area (Å²) in [6, 6.07) is 6.10. The first-order chi connectivity index (χ1) is 12.1. The first-order valence-electron chi connectivity index (χ1n) is 8.06. The van der Waals surface area contributed by atoms with Crippen LogP contribution >= 0.6 is 11.3 Å². The molecule has 3 rings (SSSR count). The molecule has 7 nitrogen and oxygen atoms in total. The van der Waals surface area contributed by atoms with Gasteiger partial charge in [0.15, 0.2) is 11.1 Å². The van der Waals surface area contributed by atoms with E-state index in [4.69, 9.17) is 0 Å². The largest absolute Gasteiger partial charge is 0.354 e. The van der Waals surface area contributed by atoms with E-state index < -0.39 is 0 Å². The number of nitrogens with zero attached hydrogens (tertiary/aromatic N) is 5. The Morgan fingerprint density at radius 2 is 1.96 bits per heavy atom. The van der Waals surface area contributed by atoms with Crippen LogP contribution < -0.4 is 15.5 Å². The Morgan fingerprint density at radius 3 is 2.60 bits per heavy atom. The molecule has 2 N–H and O–H groups in total. The molecule has 0 aliphatic rings. The van der Waals surface area contributed by atoms with Gasteiger partial charge in [0, 0.05) is 38.4 Å². The van der Waals surface area contributed by atoms with Gasteiger partial charge in [0.25, 0.3) is 0 Å². The average molecular weight is 357 g/mol. The molecule has 0 radical (unpaired) electrons. The Hall–Kier alpha value is -2.61. The summed E-state index contributed by atoms with van der Waals surface area (Å²) >= 11 is 1.63. The van der Waals surface area contributed by atoms with Crippen LogP contribution in [-0.4, -0.2) is 41.5 Å². The summed E-state index contributed by atoms with van der Waals surface area (Å²) in [6.45, 7) is 3.32. The summed E-state index contributed by atoms with van der Waals surface area (Å²) in [5.41, 5.74) is 4.10. The van der Waals surface area contributed by atoms with Gasteiger partial charge >= 0.3 is 0 Å². The van der Waals surface area contributed by atoms with Crippen LogP contribution in [0.5, 0.6) is 0 Å². The lowest BCUT2D eigenvalue weighted by atomic mass is 10.4. The number of aliphatic imine (C=N–C) groups is 1. The van der Waals surface area contributed by atoms with E-state index in [1.165, 1.54) is 5.69 Å². The number of hydrogen-bond donors (Lipinski definition) is 2. The summed E-state index contributed by atoms with van der Waals surface area (Å²) in [7, 11) is 5.75. The number of rotatable bonds is 5. The molecule has 0 saturated heterocycles. The molecule has 25 heavy (non-hydrogen) atoms. The second kappa shape index (κ2) is 7.52. The predicted molar refractivity (Wildman–Crippen MR) is 103 cm³/mol. The van der Waals surface area contributed by atoms with Crippen molar-refractivity contribution in [3.8, 4) is 0 Å². The molecule has 0 amide bonds. The second-order valence-corrected chi connectivity index (χ2v) is 6.76. The Kier molecular flexibility index (Phi) is 5.18. The fourth-order valence-corrected chi connectivity index (χ4v) is 3.19. The van der Waals surface area contributed by atoms with Gasteiger partial charge in [-0.1, -0.05) is 6.07 Å². The molecule has 0 unspecified atom stereocenters. The fourth-order valence-electron chi connectivity index (χ4n) is 2.44. The van der Waals surface area contributed by atoms with Crippen molar-refractivity contribution in [3.05, 3.63) is 46.9 Å². The number of nitrogens with one attached hydrogen (secondary N) is 2. The monoisotopic (exact) mass is 357 g/mol. The van der Waals surface area contributed by atoms with Crippen molar-refractivity contribution in [2.24, 2.45) is 4.99 Å². The van der Waals surface area contributed by atoms with Gasteiger partial charge in [-0.05, 0) is 19.1 Å². The van der Waals surface area contributed by atoms with Crippen LogP contribution in [0.1, 0.15) is 17.1 Å². The second-order valence-electron chi connectivity index (χ2n) is 5.92. The highest BCUT2D eigenvalue weighted by atomic mass is 32.1. The van der Waals surface area contributed by atoms with Gasteiger partial charge < -0.3 is 19.9 Å². The minimum absolute atomic E-state index is 0.612. The molecule has 0 fully saturated rings. The van der Waals surface area contributed by atoms with Crippen molar-refractivity contribution in [2.45, 2.75) is 20.0 Å². The van der Waals surface area contributed by atoms with Crippen LogP contribution in [0, 0.1) is 6.92 Å². The third-order valence-electron chi connectivity index (χ3n) is 3.77. The Labute approximate surface area is 151 Å². The van der Waals surface area contributed by atoms with Crippen molar-refractivity contribution < 1.29 is 0 Å². The summed E-state index contributed by atoms with van der Waals surface area (Å²) in [5.74, 6) is 0.730. The number of anilines is 1. The molecule has 0 aliphatic heterocycles. The van der Waals surface area contributed by atoms with Gasteiger partial charge in [0.05, 0.1) is 24.5 Å². The lowest BCUT2D eigenvalue weighted by Gasteiger charge is -2.10. The molecule has 3 heterocycles. The van der Waals surface area contributed by atoms with E-state index in [2.05, 4.69) is 54.6 Å². The number of guanidine groups is 1. The molecule has 0 aliphatic carbocycles. The van der Waals surface area contributed by atoms with E-state index in [1.807, 2.05) is 31.1 Å². The topological polar surface area (TPSA) is 69.9 Å². The maximum Gasteiger partial charge on any atom is 0.191 e. The normalized spacial score (nSPS) is 11.8. The molecule has 0 aromatic carbocycles. The summed E-state index contributed by atoms with van der Waals surface area (Å²) in [6.07, 6.45) is 2.05. The van der Waals surface area contributed by atoms with E-state index in [1.54, 1.807) is 18.4 Å². The first-order valence-corrected chi connectivity index (χ1v) is 8.94. The van der Waals surface area contributed by atoms with E-state index in [-0.39, 0.29) is 0 Å². The van der Waals surface area contributed by atoms with Crippen LogP contribution in [0.25, 0.3) is 5.65 Å². The van der Waals surface area contributed by atoms with Gasteiger partial charge in [-0.2, -0.15) is 0 Å². The number of thiazole rings is 1. The molecule has 0 bridgehead atoms. The highest BCUT2D eigenvalue weighted by Gasteiger charge is 2.06. The zero-order chi connectivity index (χ0) is 17.8. The lowest BCUT2D eigenvalue weighted by molar-refractivity contribution is 0.788. The number of aromatic nitrogens is 3. The van der Waals surface area contributed by atoms with Crippen molar-refractivity contribution in [3.63, 3.8) is 0 Å². The Bertz CT molecular complexity index is 878. The zero-order valence-electron chi connectivity index (χ0n) is 14.9. The van der Waals surface area contributed by atoms with Crippen LogP contribution in [0.3, 0.4) is 0 Å². The maximum atomic E-state index is 4.62. The van der Waals surface area contributed by atoms with Crippen LogP contribution in [0.4, 0.5) is 5.13 Å². The fraction of sp³-hybridized carbons (Fsp3) is 0.353. The number of pyridine rings is 1. The molecule has 0 atom stereocenters. The third-order valence-corrected chi connectivity index (χ3v) is 4.82. The highest BCUT2D eigenvalue weighted by molar-refractivity contribution is 7.13. The van der Waals surface area contributed by atoms with Crippen LogP contribution in [0.15, 0.2) is 34.8 Å². The molecule has 8 heteroatoms. The molecule has 0 spiro atoms. The average Bonchev–Trinajstić information content (AvgIpc) is 3.22. The molecule has 3 aromatic heterocycles. The number of hydrogen-bond acceptors (Lipinski definition) is 5. The minimum Gasteiger partial charge on any atom is -0.354 e. The number of imidazole rings is 1. The summed E-state index contributed by atoms with van der Waals surface area (Å²) < 4.78 is 2.09. The standard InChI is InChI=1S/C17H23N7S/c1-12-6-5-7-15-21-13(10-24(12)15)8-19-16(18-2)20-9-14-11-25-17(22-14)23(3)4/h5-7,10-11H,8-9H2,1-4H3,(H2,18,19,20). The van der Waals surface area contributed by atoms with Crippen LogP contribution in [-0.2, 0) is 13.1 Å². The van der Waals surface area contributed by atoms with Crippen molar-refractivity contribution in [1.82, 2.24) is 25.0 Å². The molecule has 132 valence electrons. The smallest absolute Gasteiger partial charge is 0.191 e. The molecular weight excluding hydrogens is 334 g/mol. The van der Waals surface area contributed by atoms with Crippen molar-refractivity contribution in [2.75, 3.05) is 26.0 Å². The van der Waals surface area contributed by atoms with Gasteiger partial charge in [-0.3, -0.25) is 4.99 Å². The van der Waals surface area contributed by atoms with Crippen molar-refractivity contribution >= 4 is 28.1 Å². The number of fused-ring (bicyclic) bond motifs is 1. The summed E-state index contributed by atoms with van der Waals surface area (Å²) in [4.78, 5) is 15.4. The lowest BCUT2D eigenvalue weighted by Crippen LogP contribution is -2.36. The summed E-state index contributed by atoms with van der Waals surface area (Å²) in [5, 5.41) is 9.63. The zero-order valence-corrected chi connectivity index (χ0v) is 15.8. The SMILES string of the molecule is CN=C(NCc1csc(N(C)C)n1)NCc1cn2c(C)cccc2n1. The maximum absolute atomic E-state index is 4.62. The van der Waals surface area contributed by atoms with E-state index >= 15 is 0 Å². The Balaban J connectivity index is 1.57. The van der Waals surface area contributed by atoms with Gasteiger partial charge in [-0.15, -0.1) is 11.3 Å². The molecular formula is C17H23N7S. The quantitative estimate of drug-likeness (QED) is 0.540. The third kappa shape index (κ3) is 4.08. The van der Waals surface area contributed by atoms with Gasteiger partial charge in [0.2, 0.25) is 0 Å². The van der Waals surface area contributed by atoms with E-state index in [0.29, 0.717) is 13.1 Å². The van der Waals surface area contributed by atoms with Gasteiger partial charge in [0.1, 0.15) is 5.65 Å². The highest BCUT2D eigenvalue weighted by Crippen LogP contribution is 2.17. The van der Waals surface area contributed by atoms with Crippen molar-refractivity contribution in [1.29, 1.82) is 0 Å². The predicted octanol–water partition coefficient (Wildman–Crippen LogP) is 2.03. The Morgan fingerprint density at radius 1 is 1.20 bits per heavy atom. The van der Waals surface area contributed by atoms with E-state index in [0.717, 1.165) is 28.1 Å². The van der Waals surface area contributed by atoms with E-state index in [9.17, 15) is 0 Å². The number of aryl methyl sites for hydroxylation is 1. The molecule has 0 saturated carbocycles. The van der Waals surface area contributed by atoms with Crippen LogP contribution in [0.2, 0.25) is 0 Å².